The topological polar surface area (TPSA) is 72.7 Å². The predicted octanol–water partition coefficient (Wildman–Crippen LogP) is 3.07. The van der Waals surface area contributed by atoms with Gasteiger partial charge < -0.3 is 5.32 Å². The van der Waals surface area contributed by atoms with Crippen molar-refractivity contribution in [3.05, 3.63) is 37.2 Å². The third kappa shape index (κ3) is 4.28. The molecule has 1 aliphatic carbocycles. The molecule has 7 heteroatoms. The lowest BCUT2D eigenvalue weighted by molar-refractivity contribution is -0.120. The number of carbonyl (C=O) groups is 1. The molecule has 0 spiro atoms. The maximum absolute atomic E-state index is 12.4. The van der Waals surface area contributed by atoms with Crippen LogP contribution >= 0.6 is 11.8 Å². The van der Waals surface area contributed by atoms with Gasteiger partial charge in [0.05, 0.1) is 5.25 Å². The summed E-state index contributed by atoms with van der Waals surface area (Å²) in [4.78, 5) is 16.6. The predicted molar refractivity (Wildman–Crippen MR) is 99.2 cm³/mol. The van der Waals surface area contributed by atoms with Crippen molar-refractivity contribution in [1.29, 1.82) is 0 Å². The van der Waals surface area contributed by atoms with E-state index < -0.39 is 0 Å². The third-order valence-corrected chi connectivity index (χ3v) is 5.38. The van der Waals surface area contributed by atoms with Gasteiger partial charge in [0.2, 0.25) is 5.91 Å². The number of hydrogen-bond acceptors (Lipinski definition) is 5. The molecule has 1 aliphatic rings. The minimum atomic E-state index is -0.227. The van der Waals surface area contributed by atoms with Crippen LogP contribution in [0.1, 0.15) is 32.6 Å². The maximum atomic E-state index is 12.4. The second kappa shape index (κ2) is 8.29. The standard InChI is InChI=1S/C18H23N5OS/c1-3-11-23-16(14-7-6-10-19-12-14)21-22-18(23)25-13(2)17(24)20-15-8-4-5-9-15/h3,6-7,10,12-13,15H,1,4-5,8-9,11H2,2H3,(H,20,24)/t13-/m1/s1. The first-order valence-corrected chi connectivity index (χ1v) is 9.48. The van der Waals surface area contributed by atoms with Gasteiger partial charge in [0.1, 0.15) is 0 Å². The van der Waals surface area contributed by atoms with Gasteiger partial charge in [-0.1, -0.05) is 30.7 Å². The van der Waals surface area contributed by atoms with Crippen molar-refractivity contribution >= 4 is 17.7 Å². The molecule has 0 radical (unpaired) electrons. The van der Waals surface area contributed by atoms with E-state index in [4.69, 9.17) is 0 Å². The third-order valence-electron chi connectivity index (χ3n) is 4.30. The summed E-state index contributed by atoms with van der Waals surface area (Å²) in [6, 6.07) is 4.14. The van der Waals surface area contributed by atoms with Crippen molar-refractivity contribution in [2.24, 2.45) is 0 Å². The highest BCUT2D eigenvalue weighted by atomic mass is 32.2. The van der Waals surface area contributed by atoms with Crippen LogP contribution in [-0.2, 0) is 11.3 Å². The zero-order chi connectivity index (χ0) is 17.6. The zero-order valence-electron chi connectivity index (χ0n) is 14.4. The van der Waals surface area contributed by atoms with Gasteiger partial charge in [0.15, 0.2) is 11.0 Å². The molecule has 2 aromatic heterocycles. The van der Waals surface area contributed by atoms with Gasteiger partial charge in [-0.05, 0) is 31.9 Å². The molecule has 132 valence electrons. The van der Waals surface area contributed by atoms with Gasteiger partial charge in [-0.15, -0.1) is 16.8 Å². The molecule has 25 heavy (non-hydrogen) atoms. The van der Waals surface area contributed by atoms with Crippen molar-refractivity contribution in [3.63, 3.8) is 0 Å². The Bertz CT molecular complexity index is 724. The molecule has 1 atom stereocenters. The summed E-state index contributed by atoms with van der Waals surface area (Å²) in [5.41, 5.74) is 0.895. The van der Waals surface area contributed by atoms with E-state index in [1.807, 2.05) is 23.6 Å². The van der Waals surface area contributed by atoms with Crippen LogP contribution in [0.4, 0.5) is 0 Å². The van der Waals surface area contributed by atoms with Crippen LogP contribution in [0, 0.1) is 0 Å². The lowest BCUT2D eigenvalue weighted by Crippen LogP contribution is -2.37. The first-order valence-electron chi connectivity index (χ1n) is 8.60. The molecule has 1 N–H and O–H groups in total. The molecule has 0 aromatic carbocycles. The minimum absolute atomic E-state index is 0.0629. The van der Waals surface area contributed by atoms with Crippen molar-refractivity contribution < 1.29 is 4.79 Å². The summed E-state index contributed by atoms with van der Waals surface area (Å²) in [6.45, 7) is 6.30. The number of carbonyl (C=O) groups excluding carboxylic acids is 1. The Morgan fingerprint density at radius 3 is 2.96 bits per heavy atom. The Balaban J connectivity index is 1.74. The van der Waals surface area contributed by atoms with Crippen molar-refractivity contribution in [1.82, 2.24) is 25.1 Å². The summed E-state index contributed by atoms with van der Waals surface area (Å²) >= 11 is 1.43. The van der Waals surface area contributed by atoms with Gasteiger partial charge in [0.25, 0.3) is 0 Å². The van der Waals surface area contributed by atoms with Crippen molar-refractivity contribution in [2.45, 2.75) is 55.6 Å². The van der Waals surface area contributed by atoms with Crippen LogP contribution in [-0.4, -0.2) is 36.9 Å². The second-order valence-corrected chi connectivity index (χ2v) is 7.51. The number of pyridine rings is 1. The van der Waals surface area contributed by atoms with E-state index in [9.17, 15) is 4.79 Å². The first-order chi connectivity index (χ1) is 12.2. The molecule has 6 nitrogen and oxygen atoms in total. The van der Waals surface area contributed by atoms with Crippen LogP contribution in [0.5, 0.6) is 0 Å². The number of amides is 1. The zero-order valence-corrected chi connectivity index (χ0v) is 15.2. The molecule has 2 heterocycles. The highest BCUT2D eigenvalue weighted by molar-refractivity contribution is 8.00. The number of thioether (sulfide) groups is 1. The largest absolute Gasteiger partial charge is 0.352 e. The average molecular weight is 357 g/mol. The number of aromatic nitrogens is 4. The van der Waals surface area contributed by atoms with E-state index in [1.165, 1.54) is 24.6 Å². The average Bonchev–Trinajstić information content (AvgIpc) is 3.26. The molecule has 0 aliphatic heterocycles. The highest BCUT2D eigenvalue weighted by Gasteiger charge is 2.23. The molecule has 0 bridgehead atoms. The van der Waals surface area contributed by atoms with Crippen LogP contribution in [0.15, 0.2) is 42.3 Å². The number of nitrogens with one attached hydrogen (secondary N) is 1. The van der Waals surface area contributed by atoms with E-state index in [0.717, 1.165) is 24.2 Å². The molecular weight excluding hydrogens is 334 g/mol. The fourth-order valence-electron chi connectivity index (χ4n) is 2.98. The number of hydrogen-bond donors (Lipinski definition) is 1. The molecule has 1 saturated carbocycles. The molecule has 0 saturated heterocycles. The highest BCUT2D eigenvalue weighted by Crippen LogP contribution is 2.27. The van der Waals surface area contributed by atoms with E-state index in [1.54, 1.807) is 18.5 Å². The van der Waals surface area contributed by atoms with E-state index >= 15 is 0 Å². The normalized spacial score (nSPS) is 15.9. The molecule has 2 aromatic rings. The summed E-state index contributed by atoms with van der Waals surface area (Å²) in [6.07, 6.45) is 9.86. The Labute approximate surface area is 152 Å². The van der Waals surface area contributed by atoms with Gasteiger partial charge >= 0.3 is 0 Å². The van der Waals surface area contributed by atoms with Gasteiger partial charge in [-0.25, -0.2) is 0 Å². The van der Waals surface area contributed by atoms with Gasteiger partial charge in [0, 0.05) is 30.5 Å². The smallest absolute Gasteiger partial charge is 0.233 e. The van der Waals surface area contributed by atoms with E-state index in [2.05, 4.69) is 27.1 Å². The fraction of sp³-hybridized carbons (Fsp3) is 0.444. The Morgan fingerprint density at radius 2 is 2.28 bits per heavy atom. The first kappa shape index (κ1) is 17.7. The van der Waals surface area contributed by atoms with Crippen molar-refractivity contribution in [3.8, 4) is 11.4 Å². The van der Waals surface area contributed by atoms with Crippen LogP contribution in [0.3, 0.4) is 0 Å². The molecular formula is C18H23N5OS. The summed E-state index contributed by atoms with van der Waals surface area (Å²) < 4.78 is 1.97. The Morgan fingerprint density at radius 1 is 1.48 bits per heavy atom. The van der Waals surface area contributed by atoms with Crippen LogP contribution < -0.4 is 5.32 Å². The number of allylic oxidation sites excluding steroid dienone is 1. The summed E-state index contributed by atoms with van der Waals surface area (Å²) in [5, 5.41) is 12.2. The Hall–Kier alpha value is -2.15. The van der Waals surface area contributed by atoms with Crippen molar-refractivity contribution in [2.75, 3.05) is 0 Å². The van der Waals surface area contributed by atoms with Crippen LogP contribution in [0.2, 0.25) is 0 Å². The summed E-state index contributed by atoms with van der Waals surface area (Å²) in [5.74, 6) is 0.798. The summed E-state index contributed by atoms with van der Waals surface area (Å²) in [7, 11) is 0. The minimum Gasteiger partial charge on any atom is -0.352 e. The molecule has 1 fully saturated rings. The Kier molecular flexibility index (Phi) is 5.86. The van der Waals surface area contributed by atoms with E-state index in [-0.39, 0.29) is 11.2 Å². The maximum Gasteiger partial charge on any atom is 0.233 e. The van der Waals surface area contributed by atoms with E-state index in [0.29, 0.717) is 17.7 Å². The SMILES string of the molecule is C=CCn1c(S[C@H](C)C(=O)NC2CCCC2)nnc1-c1cccnc1. The fourth-order valence-corrected chi connectivity index (χ4v) is 3.85. The number of nitrogens with zero attached hydrogens (tertiary/aromatic N) is 4. The van der Waals surface area contributed by atoms with Crippen LogP contribution in [0.25, 0.3) is 11.4 Å². The molecule has 1 amide bonds. The molecule has 0 unspecified atom stereocenters. The quantitative estimate of drug-likeness (QED) is 0.609. The second-order valence-electron chi connectivity index (χ2n) is 6.20. The lowest BCUT2D eigenvalue weighted by atomic mass is 10.2. The van der Waals surface area contributed by atoms with Gasteiger partial charge in [-0.2, -0.15) is 0 Å². The number of rotatable bonds is 7. The van der Waals surface area contributed by atoms with Gasteiger partial charge in [-0.3, -0.25) is 14.3 Å². The molecule has 3 rings (SSSR count). The lowest BCUT2D eigenvalue weighted by Gasteiger charge is -2.16. The monoisotopic (exact) mass is 357 g/mol.